The number of methoxy groups -OCH3 is 1. The minimum atomic E-state index is -0.972. The molecule has 0 aliphatic rings. The van der Waals surface area contributed by atoms with Crippen molar-refractivity contribution in [2.45, 2.75) is 6.61 Å². The lowest BCUT2D eigenvalue weighted by atomic mass is 10.2. The minimum Gasteiger partial charge on any atom is -0.493 e. The first-order valence-electron chi connectivity index (χ1n) is 9.40. The van der Waals surface area contributed by atoms with Crippen LogP contribution in [0.4, 0.5) is 10.1 Å². The zero-order chi connectivity index (χ0) is 22.9. The number of benzene rings is 3. The number of halogens is 2. The Morgan fingerprint density at radius 3 is 2.41 bits per heavy atom. The molecule has 7 nitrogen and oxygen atoms in total. The maximum absolute atomic E-state index is 12.9. The van der Waals surface area contributed by atoms with Gasteiger partial charge in [-0.05, 0) is 65.7 Å². The second-order valence-electron chi connectivity index (χ2n) is 6.49. The van der Waals surface area contributed by atoms with Crippen LogP contribution in [0.25, 0.3) is 0 Å². The number of nitrogens with zero attached hydrogens (tertiary/aromatic N) is 1. The number of carbonyl (C=O) groups excluding carboxylic acids is 2. The van der Waals surface area contributed by atoms with Crippen LogP contribution in [0.2, 0.25) is 5.02 Å². The van der Waals surface area contributed by atoms with Gasteiger partial charge in [0.05, 0.1) is 13.3 Å². The summed E-state index contributed by atoms with van der Waals surface area (Å²) in [6, 6.07) is 17.4. The molecule has 0 heterocycles. The largest absolute Gasteiger partial charge is 0.493 e. The Bertz CT molecular complexity index is 1120. The lowest BCUT2D eigenvalue weighted by Gasteiger charge is -2.11. The predicted molar refractivity (Wildman–Crippen MR) is 120 cm³/mol. The Balaban J connectivity index is 1.55. The van der Waals surface area contributed by atoms with Gasteiger partial charge in [0.2, 0.25) is 0 Å². The fraction of sp³-hybridized carbons (Fsp3) is 0.0870. The van der Waals surface area contributed by atoms with E-state index in [0.717, 1.165) is 5.56 Å². The molecule has 2 N–H and O–H groups in total. The van der Waals surface area contributed by atoms with Crippen molar-refractivity contribution in [1.29, 1.82) is 0 Å². The first-order chi connectivity index (χ1) is 15.4. The summed E-state index contributed by atoms with van der Waals surface area (Å²) in [5.41, 5.74) is 3.97. The number of carbonyl (C=O) groups is 2. The summed E-state index contributed by atoms with van der Waals surface area (Å²) in [6.07, 6.45) is 1.36. The molecule has 32 heavy (non-hydrogen) atoms. The van der Waals surface area contributed by atoms with Crippen LogP contribution in [0, 0.1) is 5.82 Å². The number of hydrogen-bond acceptors (Lipinski definition) is 5. The van der Waals surface area contributed by atoms with E-state index < -0.39 is 17.6 Å². The highest BCUT2D eigenvalue weighted by molar-refractivity contribution is 6.39. The summed E-state index contributed by atoms with van der Waals surface area (Å²) < 4.78 is 24.0. The van der Waals surface area contributed by atoms with E-state index in [1.807, 2.05) is 12.1 Å². The summed E-state index contributed by atoms with van der Waals surface area (Å²) in [5, 5.41) is 6.76. The van der Waals surface area contributed by atoms with Crippen LogP contribution in [-0.4, -0.2) is 25.1 Å². The zero-order valence-electron chi connectivity index (χ0n) is 17.0. The van der Waals surface area contributed by atoms with Crippen LogP contribution in [0.15, 0.2) is 71.8 Å². The van der Waals surface area contributed by atoms with E-state index in [4.69, 9.17) is 21.1 Å². The van der Waals surface area contributed by atoms with E-state index in [0.29, 0.717) is 28.7 Å². The van der Waals surface area contributed by atoms with E-state index in [-0.39, 0.29) is 5.69 Å². The molecular weight excluding hydrogens is 437 g/mol. The molecule has 0 bridgehead atoms. The number of anilines is 1. The molecule has 0 saturated heterocycles. The van der Waals surface area contributed by atoms with Gasteiger partial charge in [-0.1, -0.05) is 23.7 Å². The predicted octanol–water partition coefficient (Wildman–Crippen LogP) is 4.16. The summed E-state index contributed by atoms with van der Waals surface area (Å²) in [7, 11) is 1.51. The fourth-order valence-corrected chi connectivity index (χ4v) is 2.69. The highest BCUT2D eigenvalue weighted by Crippen LogP contribution is 2.28. The molecule has 0 aliphatic heterocycles. The van der Waals surface area contributed by atoms with Crippen molar-refractivity contribution in [3.8, 4) is 11.5 Å². The Morgan fingerprint density at radius 2 is 1.72 bits per heavy atom. The highest BCUT2D eigenvalue weighted by atomic mass is 35.5. The number of rotatable bonds is 7. The number of ether oxygens (including phenoxy) is 2. The van der Waals surface area contributed by atoms with Gasteiger partial charge in [0.1, 0.15) is 12.4 Å². The molecule has 9 heteroatoms. The van der Waals surface area contributed by atoms with E-state index in [1.165, 1.54) is 37.6 Å². The van der Waals surface area contributed by atoms with Crippen molar-refractivity contribution in [2.75, 3.05) is 12.4 Å². The van der Waals surface area contributed by atoms with Crippen LogP contribution in [0.5, 0.6) is 11.5 Å². The minimum absolute atomic E-state index is 0.287. The Hall–Kier alpha value is -3.91. The smallest absolute Gasteiger partial charge is 0.329 e. The molecule has 2 amide bonds. The SMILES string of the molecule is COc1cc(/C=N/NC(=O)C(=O)Nc2ccc(F)cc2)ccc1OCc1ccc(Cl)cc1. The standard InChI is InChI=1S/C23H19ClFN3O4/c1-31-21-12-16(4-11-20(21)32-14-15-2-5-17(24)6-3-15)13-26-28-23(30)22(29)27-19-9-7-18(25)8-10-19/h2-13H,14H2,1H3,(H,27,29)(H,28,30)/b26-13+. The molecule has 0 fully saturated rings. The monoisotopic (exact) mass is 455 g/mol. The normalized spacial score (nSPS) is 10.6. The van der Waals surface area contributed by atoms with E-state index in [2.05, 4.69) is 15.8 Å². The lowest BCUT2D eigenvalue weighted by Crippen LogP contribution is -2.32. The van der Waals surface area contributed by atoms with Crippen LogP contribution < -0.4 is 20.2 Å². The maximum Gasteiger partial charge on any atom is 0.329 e. The number of hydrazone groups is 1. The Morgan fingerprint density at radius 1 is 1.00 bits per heavy atom. The quantitative estimate of drug-likeness (QED) is 0.318. The first-order valence-corrected chi connectivity index (χ1v) is 9.77. The van der Waals surface area contributed by atoms with Crippen LogP contribution in [-0.2, 0) is 16.2 Å². The molecule has 0 spiro atoms. The second-order valence-corrected chi connectivity index (χ2v) is 6.92. The lowest BCUT2D eigenvalue weighted by molar-refractivity contribution is -0.136. The zero-order valence-corrected chi connectivity index (χ0v) is 17.7. The van der Waals surface area contributed by atoms with Gasteiger partial charge < -0.3 is 14.8 Å². The van der Waals surface area contributed by atoms with Gasteiger partial charge in [-0.2, -0.15) is 5.10 Å². The number of hydrogen-bond donors (Lipinski definition) is 2. The van der Waals surface area contributed by atoms with E-state index in [9.17, 15) is 14.0 Å². The van der Waals surface area contributed by atoms with Crippen LogP contribution >= 0.6 is 11.6 Å². The average molecular weight is 456 g/mol. The summed E-state index contributed by atoms with van der Waals surface area (Å²) in [6.45, 7) is 0.334. The molecule has 3 aromatic rings. The van der Waals surface area contributed by atoms with Crippen molar-refractivity contribution >= 4 is 35.3 Å². The molecule has 0 unspecified atom stereocenters. The van der Waals surface area contributed by atoms with Crippen molar-refractivity contribution in [2.24, 2.45) is 5.10 Å². The van der Waals surface area contributed by atoms with Crippen molar-refractivity contribution < 1.29 is 23.5 Å². The summed E-state index contributed by atoms with van der Waals surface area (Å²) in [4.78, 5) is 23.7. The molecule has 3 rings (SSSR count). The van der Waals surface area contributed by atoms with Gasteiger partial charge in [0.15, 0.2) is 11.5 Å². The van der Waals surface area contributed by atoms with Gasteiger partial charge in [0.25, 0.3) is 0 Å². The van der Waals surface area contributed by atoms with Crippen LogP contribution in [0.1, 0.15) is 11.1 Å². The Labute approximate surface area is 188 Å². The first kappa shape index (κ1) is 22.8. The topological polar surface area (TPSA) is 89.0 Å². The highest BCUT2D eigenvalue weighted by Gasteiger charge is 2.13. The molecule has 0 aromatic heterocycles. The third-order valence-corrected chi connectivity index (χ3v) is 4.44. The summed E-state index contributed by atoms with van der Waals surface area (Å²) in [5.74, 6) is -1.35. The van der Waals surface area contributed by atoms with Gasteiger partial charge in [0, 0.05) is 10.7 Å². The maximum atomic E-state index is 12.9. The van der Waals surface area contributed by atoms with E-state index in [1.54, 1.807) is 30.3 Å². The summed E-state index contributed by atoms with van der Waals surface area (Å²) >= 11 is 5.88. The van der Waals surface area contributed by atoms with Gasteiger partial charge >= 0.3 is 11.8 Å². The molecule has 0 aliphatic carbocycles. The van der Waals surface area contributed by atoms with Crippen molar-refractivity contribution in [3.05, 3.63) is 88.7 Å². The number of nitrogens with one attached hydrogen (secondary N) is 2. The van der Waals surface area contributed by atoms with Gasteiger partial charge in [-0.25, -0.2) is 9.82 Å². The second kappa shape index (κ2) is 10.9. The molecule has 0 saturated carbocycles. The Kier molecular flexibility index (Phi) is 7.77. The van der Waals surface area contributed by atoms with E-state index >= 15 is 0 Å². The molecule has 3 aromatic carbocycles. The molecule has 0 radical (unpaired) electrons. The van der Waals surface area contributed by atoms with Crippen molar-refractivity contribution in [3.63, 3.8) is 0 Å². The molecule has 0 atom stereocenters. The molecular formula is C23H19ClFN3O4. The van der Waals surface area contributed by atoms with Crippen molar-refractivity contribution in [1.82, 2.24) is 5.43 Å². The van der Waals surface area contributed by atoms with Gasteiger partial charge in [-0.3, -0.25) is 9.59 Å². The average Bonchev–Trinajstić information content (AvgIpc) is 2.80. The third-order valence-electron chi connectivity index (χ3n) is 4.18. The van der Waals surface area contributed by atoms with Gasteiger partial charge in [-0.15, -0.1) is 0 Å². The number of amides is 2. The molecule has 164 valence electrons. The van der Waals surface area contributed by atoms with Crippen LogP contribution in [0.3, 0.4) is 0 Å². The third kappa shape index (κ3) is 6.55. The fourth-order valence-electron chi connectivity index (χ4n) is 2.56.